The molecule has 0 aromatic carbocycles. The van der Waals surface area contributed by atoms with Gasteiger partial charge in [0.2, 0.25) is 5.78 Å². The van der Waals surface area contributed by atoms with Gasteiger partial charge < -0.3 is 10.2 Å². The van der Waals surface area contributed by atoms with Crippen LogP contribution in [-0.4, -0.2) is 88.9 Å². The average Bonchev–Trinajstić information content (AvgIpc) is 2.94. The molecule has 1 unspecified atom stereocenters. The van der Waals surface area contributed by atoms with Crippen molar-refractivity contribution in [2.24, 2.45) is 0 Å². The van der Waals surface area contributed by atoms with Crippen molar-refractivity contribution in [2.45, 2.75) is 64.4 Å². The maximum atomic E-state index is 12.7. The summed E-state index contributed by atoms with van der Waals surface area (Å²) in [6.07, 6.45) is 6.88. The molecule has 8 nitrogen and oxygen atoms in total. The lowest BCUT2D eigenvalue weighted by atomic mass is 10.1. The number of carbonyl (C=O) groups excluding carboxylic acids is 1. The van der Waals surface area contributed by atoms with E-state index in [2.05, 4.69) is 6.92 Å². The number of β-amino-alcohol motifs (C(OH)–C–C–N with tert-alkyl or cyclic N) is 2. The number of nitrogens with zero attached hydrogens (tertiary/aromatic N) is 2. The van der Waals surface area contributed by atoms with E-state index in [-0.39, 0.29) is 18.9 Å². The van der Waals surface area contributed by atoms with Crippen molar-refractivity contribution in [2.75, 3.05) is 38.5 Å². The van der Waals surface area contributed by atoms with E-state index in [1.54, 1.807) is 9.48 Å². The number of Topliss-reactive ketones (excluding diaryl/α,β-unsaturated/α-hetero) is 1. The predicted octanol–water partition coefficient (Wildman–Crippen LogP) is 0.664. The Hall–Kier alpha value is -1.03. The molecule has 0 aliphatic carbocycles. The minimum Gasteiger partial charge on any atom is -0.392 e. The van der Waals surface area contributed by atoms with Crippen LogP contribution in [-0.2, 0) is 14.9 Å². The van der Waals surface area contributed by atoms with Crippen LogP contribution in [0.4, 0.5) is 0 Å². The highest BCUT2D eigenvalue weighted by Crippen LogP contribution is 2.11. The molecule has 9 heteroatoms. The molecule has 3 N–H and O–H groups in total. The van der Waals surface area contributed by atoms with Crippen LogP contribution >= 0.6 is 0 Å². The Morgan fingerprint density at radius 3 is 2.41 bits per heavy atom. The van der Waals surface area contributed by atoms with Crippen LogP contribution in [0.1, 0.15) is 58.3 Å². The number of aliphatic hydroxyl groups excluding tert-OH is 2. The number of carbonyl (C=O) groups is 1. The monoisotopic (exact) mass is 407 g/mol. The Balaban J connectivity index is 2.62. The van der Waals surface area contributed by atoms with Crippen LogP contribution in [0, 0.1) is 0 Å². The molecule has 1 aliphatic rings. The van der Waals surface area contributed by atoms with Gasteiger partial charge in [-0.15, -0.1) is 0 Å². The molecule has 0 saturated carbocycles. The van der Waals surface area contributed by atoms with Crippen LogP contribution in [0.25, 0.3) is 0 Å². The number of rotatable bonds is 15. The van der Waals surface area contributed by atoms with Crippen molar-refractivity contribution in [3.05, 3.63) is 0 Å². The fourth-order valence-electron chi connectivity index (χ4n) is 3.43. The number of unbranched alkanes of at least 4 members (excludes halogenated alkanes) is 6. The summed E-state index contributed by atoms with van der Waals surface area (Å²) in [4.78, 5) is 14.5. The lowest BCUT2D eigenvalue weighted by Crippen LogP contribution is -2.40. The van der Waals surface area contributed by atoms with E-state index >= 15 is 0 Å². The minimum atomic E-state index is -4.28. The zero-order chi connectivity index (χ0) is 20.3. The summed E-state index contributed by atoms with van der Waals surface area (Å²) >= 11 is 0. The van der Waals surface area contributed by atoms with Gasteiger partial charge in [0.15, 0.2) is 0 Å². The quantitative estimate of drug-likeness (QED) is 0.207. The standard InChI is InChI=1S/C18H34N2O6S/c1-2-3-4-5-6-7-8-9-17(23)18-19(12-13-21)10-11-20(18)14-16(22)15-27(24,25)26/h16,21-22H,2-15H2,1H3/p+1. The number of hydrogen-bond acceptors (Lipinski definition) is 6. The molecule has 1 rings (SSSR count). The first kappa shape index (κ1) is 24.0. The minimum absolute atomic E-state index is 0.0419. The van der Waals surface area contributed by atoms with Crippen molar-refractivity contribution in [3.63, 3.8) is 0 Å². The first-order valence-corrected chi connectivity index (χ1v) is 11.5. The third-order valence-electron chi connectivity index (χ3n) is 4.70. The maximum absolute atomic E-state index is 12.7. The van der Waals surface area contributed by atoms with E-state index in [4.69, 9.17) is 4.55 Å². The van der Waals surface area contributed by atoms with Crippen LogP contribution in [0.15, 0.2) is 0 Å². The fourth-order valence-corrected chi connectivity index (χ4v) is 4.02. The second kappa shape index (κ2) is 12.4. The van der Waals surface area contributed by atoms with Gasteiger partial charge in [0.05, 0.1) is 6.61 Å². The molecule has 158 valence electrons. The van der Waals surface area contributed by atoms with Crippen molar-refractivity contribution in [1.29, 1.82) is 0 Å². The highest BCUT2D eigenvalue weighted by molar-refractivity contribution is 7.85. The Labute approximate surface area is 162 Å². The van der Waals surface area contributed by atoms with Crippen molar-refractivity contribution in [3.8, 4) is 0 Å². The Kier molecular flexibility index (Phi) is 11.1. The molecule has 0 fully saturated rings. The molecule has 1 aliphatic heterocycles. The summed E-state index contributed by atoms with van der Waals surface area (Å²) in [6.45, 7) is 3.38. The lowest BCUT2D eigenvalue weighted by Gasteiger charge is -2.13. The molecule has 1 heterocycles. The number of amidine groups is 1. The highest BCUT2D eigenvalue weighted by Gasteiger charge is 2.36. The SMILES string of the molecule is CCCCCCCCCC(=O)C1=[N+](CC(O)CS(=O)(=O)O)CCN1CCO. The summed E-state index contributed by atoms with van der Waals surface area (Å²) in [5.74, 6) is -0.374. The third kappa shape index (κ3) is 9.64. The molecule has 0 bridgehead atoms. The topological polar surface area (TPSA) is 118 Å². The molecule has 0 saturated heterocycles. The van der Waals surface area contributed by atoms with E-state index in [9.17, 15) is 23.4 Å². The van der Waals surface area contributed by atoms with Gasteiger partial charge in [-0.1, -0.05) is 45.4 Å². The van der Waals surface area contributed by atoms with Gasteiger partial charge in [0.25, 0.3) is 10.1 Å². The fraction of sp³-hybridized carbons (Fsp3) is 0.889. The Morgan fingerprint density at radius 1 is 1.19 bits per heavy atom. The normalized spacial score (nSPS) is 16.2. The Bertz CT molecular complexity index is 591. The number of aliphatic hydroxyl groups is 2. The van der Waals surface area contributed by atoms with Gasteiger partial charge in [0.1, 0.15) is 38.0 Å². The summed E-state index contributed by atoms with van der Waals surface area (Å²) < 4.78 is 32.4. The van der Waals surface area contributed by atoms with Gasteiger partial charge >= 0.3 is 5.84 Å². The summed E-state index contributed by atoms with van der Waals surface area (Å²) in [5.41, 5.74) is 0. The predicted molar refractivity (Wildman–Crippen MR) is 104 cm³/mol. The molecular weight excluding hydrogens is 372 g/mol. The van der Waals surface area contributed by atoms with E-state index < -0.39 is 22.0 Å². The van der Waals surface area contributed by atoms with Crippen LogP contribution in [0.3, 0.4) is 0 Å². The summed E-state index contributed by atoms with van der Waals surface area (Å²) in [7, 11) is -4.28. The van der Waals surface area contributed by atoms with Gasteiger partial charge in [-0.25, -0.2) is 0 Å². The molecule has 0 spiro atoms. The van der Waals surface area contributed by atoms with Crippen LogP contribution in [0.2, 0.25) is 0 Å². The smallest absolute Gasteiger partial charge is 0.316 e. The zero-order valence-electron chi connectivity index (χ0n) is 16.3. The molecule has 0 radical (unpaired) electrons. The molecule has 0 aromatic heterocycles. The molecule has 0 aromatic rings. The first-order chi connectivity index (χ1) is 12.8. The molecule has 1 atom stereocenters. The molecule has 0 amide bonds. The molecular formula is C18H35N2O6S+. The van der Waals surface area contributed by atoms with Gasteiger partial charge in [-0.3, -0.25) is 18.8 Å². The van der Waals surface area contributed by atoms with E-state index in [0.29, 0.717) is 31.9 Å². The second-order valence-electron chi connectivity index (χ2n) is 7.18. The van der Waals surface area contributed by atoms with Crippen LogP contribution in [0.5, 0.6) is 0 Å². The summed E-state index contributed by atoms with van der Waals surface area (Å²) in [6, 6.07) is 0. The van der Waals surface area contributed by atoms with Gasteiger partial charge in [-0.05, 0) is 6.42 Å². The third-order valence-corrected chi connectivity index (χ3v) is 5.51. The second-order valence-corrected chi connectivity index (χ2v) is 8.67. The molecule has 27 heavy (non-hydrogen) atoms. The first-order valence-electron chi connectivity index (χ1n) is 9.92. The lowest BCUT2D eigenvalue weighted by molar-refractivity contribution is -0.525. The van der Waals surface area contributed by atoms with Crippen LogP contribution < -0.4 is 0 Å². The van der Waals surface area contributed by atoms with Crippen molar-refractivity contribution < 1.29 is 32.6 Å². The summed E-state index contributed by atoms with van der Waals surface area (Å²) in [5, 5.41) is 19.1. The number of hydrogen-bond donors (Lipinski definition) is 3. The van der Waals surface area contributed by atoms with E-state index in [0.717, 1.165) is 19.3 Å². The van der Waals surface area contributed by atoms with E-state index in [1.807, 2.05) is 0 Å². The van der Waals surface area contributed by atoms with Crippen molar-refractivity contribution in [1.82, 2.24) is 4.90 Å². The zero-order valence-corrected chi connectivity index (χ0v) is 17.2. The number of ketones is 1. The maximum Gasteiger partial charge on any atom is 0.316 e. The van der Waals surface area contributed by atoms with Crippen molar-refractivity contribution >= 4 is 21.7 Å². The Morgan fingerprint density at radius 2 is 1.81 bits per heavy atom. The highest BCUT2D eigenvalue weighted by atomic mass is 32.2. The average molecular weight is 408 g/mol. The largest absolute Gasteiger partial charge is 0.392 e. The van der Waals surface area contributed by atoms with Gasteiger partial charge in [0, 0.05) is 6.42 Å². The van der Waals surface area contributed by atoms with Gasteiger partial charge in [-0.2, -0.15) is 8.42 Å². The van der Waals surface area contributed by atoms with E-state index in [1.165, 1.54) is 25.7 Å².